The van der Waals surface area contributed by atoms with E-state index in [1.807, 2.05) is 25.1 Å². The van der Waals surface area contributed by atoms with E-state index >= 15 is 0 Å². The van der Waals surface area contributed by atoms with Gasteiger partial charge in [0.25, 0.3) is 5.91 Å². The number of anilines is 1. The summed E-state index contributed by atoms with van der Waals surface area (Å²) in [6.07, 6.45) is 14.0. The van der Waals surface area contributed by atoms with Crippen molar-refractivity contribution in [2.45, 2.75) is 88.4 Å². The van der Waals surface area contributed by atoms with Crippen molar-refractivity contribution in [3.8, 4) is 5.75 Å². The van der Waals surface area contributed by atoms with Crippen LogP contribution in [-0.4, -0.2) is 76.5 Å². The maximum atomic E-state index is 13.5. The van der Waals surface area contributed by atoms with Gasteiger partial charge in [0, 0.05) is 35.6 Å². The van der Waals surface area contributed by atoms with E-state index in [1.54, 1.807) is 13.0 Å². The van der Waals surface area contributed by atoms with Crippen molar-refractivity contribution >= 4 is 33.2 Å². The second-order valence-electron chi connectivity index (χ2n) is 15.3. The van der Waals surface area contributed by atoms with Crippen molar-refractivity contribution < 1.29 is 22.7 Å². The molecule has 10 heteroatoms. The van der Waals surface area contributed by atoms with Crippen LogP contribution in [0.1, 0.15) is 86.7 Å². The summed E-state index contributed by atoms with van der Waals surface area (Å²) in [5.41, 5.74) is 3.50. The molecule has 1 amide bonds. The Labute approximate surface area is 297 Å². The number of carbonyl (C=O) groups excluding carboxylic acids is 1. The van der Waals surface area contributed by atoms with Crippen molar-refractivity contribution in [2.24, 2.45) is 17.8 Å². The van der Waals surface area contributed by atoms with E-state index in [-0.39, 0.29) is 17.4 Å². The first-order chi connectivity index (χ1) is 23.6. The van der Waals surface area contributed by atoms with E-state index < -0.39 is 21.2 Å². The summed E-state index contributed by atoms with van der Waals surface area (Å²) in [5, 5.41) is 0.00831. The Hall–Kier alpha value is -2.59. The van der Waals surface area contributed by atoms with Gasteiger partial charge in [0.1, 0.15) is 5.75 Å². The van der Waals surface area contributed by atoms with Crippen LogP contribution < -0.4 is 14.4 Å². The van der Waals surface area contributed by atoms with Gasteiger partial charge in [-0.15, -0.1) is 0 Å². The van der Waals surface area contributed by atoms with E-state index in [9.17, 15) is 13.2 Å². The molecule has 0 radical (unpaired) electrons. The summed E-state index contributed by atoms with van der Waals surface area (Å²) in [6.45, 7) is 9.62. The molecule has 1 saturated carbocycles. The van der Waals surface area contributed by atoms with E-state index in [0.717, 1.165) is 81.3 Å². The van der Waals surface area contributed by atoms with Gasteiger partial charge in [-0.1, -0.05) is 43.2 Å². The predicted molar refractivity (Wildman–Crippen MR) is 195 cm³/mol. The largest absolute Gasteiger partial charge is 0.490 e. The number of halogens is 1. The fraction of sp³-hybridized carbons (Fsp3) is 0.615. The smallest absolute Gasteiger partial charge is 0.264 e. The molecular formula is C39H52ClN3O5S. The van der Waals surface area contributed by atoms with Crippen molar-refractivity contribution in [1.29, 1.82) is 0 Å². The standard InChI is InChI=1S/C39H52ClN3O5S/c1-27-8-6-10-36(47-21-20-42-18-4-3-5-19-42)33-14-11-31(33)24-43-25-39(17-7-9-29-22-32(40)13-15-34(29)39)26-48-37-16-12-30(23-35(37)43)38(44)41-49(45,46)28(27)2/h6,10,12-13,15-16,22-23,27-28,31,33,36H,3-5,7-9,11,14,17-21,24-26H2,1-2H3,(H,41,44)/b10-6-/t27-,28+,31-,33+,36-,39-/m0/s1. The number of nitrogens with zero attached hydrogens (tertiary/aromatic N) is 2. The van der Waals surface area contributed by atoms with Crippen molar-refractivity contribution in [3.63, 3.8) is 0 Å². The monoisotopic (exact) mass is 709 g/mol. The summed E-state index contributed by atoms with van der Waals surface area (Å²) < 4.78 is 42.6. The second kappa shape index (κ2) is 14.6. The summed E-state index contributed by atoms with van der Waals surface area (Å²) in [4.78, 5) is 18.5. The molecule has 2 fully saturated rings. The van der Waals surface area contributed by atoms with E-state index in [1.165, 1.54) is 30.4 Å². The minimum absolute atomic E-state index is 0.0317. The minimum atomic E-state index is -3.91. The van der Waals surface area contributed by atoms with Gasteiger partial charge >= 0.3 is 0 Å². The van der Waals surface area contributed by atoms with Crippen molar-refractivity contribution in [1.82, 2.24) is 9.62 Å². The number of benzene rings is 2. The van der Waals surface area contributed by atoms with Crippen LogP contribution in [0.3, 0.4) is 0 Å². The third-order valence-electron chi connectivity index (χ3n) is 12.2. The Balaban J connectivity index is 1.23. The zero-order chi connectivity index (χ0) is 34.2. The van der Waals surface area contributed by atoms with Gasteiger partial charge in [0.05, 0.1) is 30.3 Å². The molecule has 6 atom stereocenters. The molecule has 3 aliphatic heterocycles. The molecule has 3 heterocycles. The fourth-order valence-corrected chi connectivity index (χ4v) is 10.3. The third kappa shape index (κ3) is 7.42. The number of nitrogens with one attached hydrogen (secondary N) is 1. The quantitative estimate of drug-likeness (QED) is 0.352. The highest BCUT2D eigenvalue weighted by Crippen LogP contribution is 2.47. The zero-order valence-corrected chi connectivity index (χ0v) is 30.6. The van der Waals surface area contributed by atoms with Gasteiger partial charge in [-0.05, 0) is 131 Å². The first-order valence-corrected chi connectivity index (χ1v) is 20.4. The number of fused-ring (bicyclic) bond motifs is 4. The Morgan fingerprint density at radius 3 is 2.69 bits per heavy atom. The van der Waals surface area contributed by atoms with Gasteiger partial charge in [0.2, 0.25) is 10.0 Å². The Morgan fingerprint density at radius 2 is 1.90 bits per heavy atom. The number of piperidine rings is 1. The molecule has 0 unspecified atom stereocenters. The number of rotatable bonds is 4. The molecule has 5 aliphatic rings. The summed E-state index contributed by atoms with van der Waals surface area (Å²) in [5.74, 6) is 0.703. The molecule has 1 N–H and O–H groups in total. The lowest BCUT2D eigenvalue weighted by Crippen LogP contribution is -2.50. The van der Waals surface area contributed by atoms with E-state index in [2.05, 4.69) is 38.8 Å². The molecule has 8 nitrogen and oxygen atoms in total. The van der Waals surface area contributed by atoms with Gasteiger partial charge in [-0.25, -0.2) is 13.1 Å². The van der Waals surface area contributed by atoms with Crippen molar-refractivity contribution in [3.05, 3.63) is 70.3 Å². The van der Waals surface area contributed by atoms with E-state index in [4.69, 9.17) is 21.1 Å². The maximum Gasteiger partial charge on any atom is 0.264 e. The summed E-state index contributed by atoms with van der Waals surface area (Å²) in [7, 11) is -3.91. The summed E-state index contributed by atoms with van der Waals surface area (Å²) >= 11 is 6.47. The number of ether oxygens (including phenoxy) is 2. The average Bonchev–Trinajstić information content (AvgIpc) is 3.22. The summed E-state index contributed by atoms with van der Waals surface area (Å²) in [6, 6.07) is 11.6. The van der Waals surface area contributed by atoms with Crippen LogP contribution in [0, 0.1) is 17.8 Å². The van der Waals surface area contributed by atoms with Gasteiger partial charge in [-0.3, -0.25) is 4.79 Å². The lowest BCUT2D eigenvalue weighted by atomic mass is 9.68. The van der Waals surface area contributed by atoms with Crippen LogP contribution in [0.2, 0.25) is 5.02 Å². The molecule has 0 aromatic heterocycles. The third-order valence-corrected chi connectivity index (χ3v) is 14.3. The molecule has 1 spiro atoms. The highest BCUT2D eigenvalue weighted by molar-refractivity contribution is 7.90. The van der Waals surface area contributed by atoms with Crippen LogP contribution in [0.5, 0.6) is 5.75 Å². The fourth-order valence-electron chi connectivity index (χ4n) is 8.82. The molecule has 2 aromatic rings. The molecule has 266 valence electrons. The van der Waals surface area contributed by atoms with Gasteiger partial charge in [0.15, 0.2) is 0 Å². The van der Waals surface area contributed by atoms with E-state index in [0.29, 0.717) is 37.0 Å². The Bertz CT molecular complexity index is 1660. The number of sulfonamides is 1. The normalized spacial score (nSPS) is 32.5. The topological polar surface area (TPSA) is 88.2 Å². The van der Waals surface area contributed by atoms with Gasteiger partial charge < -0.3 is 19.3 Å². The number of hydrogen-bond donors (Lipinski definition) is 1. The Kier molecular flexibility index (Phi) is 10.4. The maximum absolute atomic E-state index is 13.5. The lowest BCUT2D eigenvalue weighted by Gasteiger charge is -2.46. The second-order valence-corrected chi connectivity index (χ2v) is 17.8. The zero-order valence-electron chi connectivity index (χ0n) is 29.0. The minimum Gasteiger partial charge on any atom is -0.490 e. The number of allylic oxidation sites excluding steroid dienone is 1. The van der Waals surface area contributed by atoms with Crippen LogP contribution in [0.4, 0.5) is 5.69 Å². The van der Waals surface area contributed by atoms with Gasteiger partial charge in [-0.2, -0.15) is 0 Å². The molecule has 2 aromatic carbocycles. The molecule has 2 aliphatic carbocycles. The predicted octanol–water partition coefficient (Wildman–Crippen LogP) is 6.75. The number of aryl methyl sites for hydroxylation is 1. The number of hydrogen-bond acceptors (Lipinski definition) is 7. The molecule has 49 heavy (non-hydrogen) atoms. The molecule has 2 bridgehead atoms. The van der Waals surface area contributed by atoms with Crippen molar-refractivity contribution in [2.75, 3.05) is 50.8 Å². The van der Waals surface area contributed by atoms with Crippen LogP contribution in [0.15, 0.2) is 48.6 Å². The van der Waals surface area contributed by atoms with Crippen LogP contribution in [0.25, 0.3) is 0 Å². The Morgan fingerprint density at radius 1 is 1.06 bits per heavy atom. The highest BCUT2D eigenvalue weighted by Gasteiger charge is 2.44. The number of likely N-dealkylation sites (tertiary alicyclic amines) is 1. The van der Waals surface area contributed by atoms with Crippen LogP contribution >= 0.6 is 11.6 Å². The number of carbonyl (C=O) groups is 1. The molecular weight excluding hydrogens is 658 g/mol. The SMILES string of the molecule is C[C@@H]1[C@@H](C)C/C=C\[C@H](OCCN2CCCCC2)[C@@H]2CC[C@H]2CN2C[C@@]3(CCCc4cc(Cl)ccc43)COc3ccc(cc32)C(=O)NS1(=O)=O. The molecule has 1 saturated heterocycles. The highest BCUT2D eigenvalue weighted by atomic mass is 35.5. The lowest BCUT2D eigenvalue weighted by molar-refractivity contribution is -0.0220. The van der Waals surface area contributed by atoms with Crippen LogP contribution in [-0.2, 0) is 26.6 Å². The molecule has 7 rings (SSSR count). The first kappa shape index (κ1) is 34.8. The average molecular weight is 710 g/mol. The first-order valence-electron chi connectivity index (χ1n) is 18.5. The number of amides is 1.